The van der Waals surface area contributed by atoms with Crippen LogP contribution in [-0.2, 0) is 6.54 Å². The van der Waals surface area contributed by atoms with Gasteiger partial charge in [0.05, 0.1) is 6.10 Å². The van der Waals surface area contributed by atoms with E-state index in [9.17, 15) is 4.79 Å². The normalized spacial score (nSPS) is 10.6. The van der Waals surface area contributed by atoms with E-state index in [-0.39, 0.29) is 12.0 Å². The number of ether oxygens (including phenoxy) is 1. The molecule has 0 unspecified atom stereocenters. The maximum Gasteiger partial charge on any atom is 0.255 e. The molecule has 0 aliphatic rings. The molecule has 0 saturated heterocycles. The lowest BCUT2D eigenvalue weighted by Gasteiger charge is -2.11. The number of hydrogen-bond donors (Lipinski definition) is 2. The van der Waals surface area contributed by atoms with Gasteiger partial charge in [0, 0.05) is 24.0 Å². The largest absolute Gasteiger partial charge is 0.491 e. The summed E-state index contributed by atoms with van der Waals surface area (Å²) in [5, 5.41) is 6.16. The predicted octanol–water partition coefficient (Wildman–Crippen LogP) is 5.04. The summed E-state index contributed by atoms with van der Waals surface area (Å²) in [6.45, 7) is 6.67. The highest BCUT2D eigenvalue weighted by Crippen LogP contribution is 2.18. The molecule has 2 N–H and O–H groups in total. The first kappa shape index (κ1) is 19.4. The van der Waals surface area contributed by atoms with Gasteiger partial charge < -0.3 is 15.4 Å². The summed E-state index contributed by atoms with van der Waals surface area (Å²) in [7, 11) is 0. The van der Waals surface area contributed by atoms with Gasteiger partial charge in [-0.15, -0.1) is 0 Å². The molecular formula is C23H25N3O2. The molecule has 0 saturated carbocycles. The topological polar surface area (TPSA) is 63.2 Å². The number of pyridine rings is 1. The molecule has 0 radical (unpaired) electrons. The third-order valence-corrected chi connectivity index (χ3v) is 4.06. The van der Waals surface area contributed by atoms with Crippen LogP contribution < -0.4 is 15.4 Å². The molecule has 0 aliphatic carbocycles. The summed E-state index contributed by atoms with van der Waals surface area (Å²) in [6, 6.07) is 19.1. The second-order valence-electron chi connectivity index (χ2n) is 6.92. The van der Waals surface area contributed by atoms with E-state index in [1.54, 1.807) is 18.3 Å². The molecule has 0 aliphatic heterocycles. The molecule has 144 valence electrons. The van der Waals surface area contributed by atoms with Crippen LogP contribution in [0, 0.1) is 6.92 Å². The second-order valence-corrected chi connectivity index (χ2v) is 6.92. The molecule has 5 heteroatoms. The number of rotatable bonds is 7. The maximum absolute atomic E-state index is 12.5. The fourth-order valence-corrected chi connectivity index (χ4v) is 2.78. The van der Waals surface area contributed by atoms with Gasteiger partial charge in [-0.3, -0.25) is 4.79 Å². The predicted molar refractivity (Wildman–Crippen MR) is 113 cm³/mol. The van der Waals surface area contributed by atoms with Gasteiger partial charge in [-0.25, -0.2) is 4.98 Å². The van der Waals surface area contributed by atoms with Crippen molar-refractivity contribution in [2.45, 2.75) is 33.4 Å². The minimum atomic E-state index is -0.182. The Kier molecular flexibility index (Phi) is 6.27. The number of amides is 1. The highest BCUT2D eigenvalue weighted by molar-refractivity contribution is 6.04. The number of benzene rings is 2. The van der Waals surface area contributed by atoms with Crippen molar-refractivity contribution in [3.63, 3.8) is 0 Å². The Morgan fingerprint density at radius 1 is 1.07 bits per heavy atom. The van der Waals surface area contributed by atoms with E-state index in [4.69, 9.17) is 4.74 Å². The van der Waals surface area contributed by atoms with Crippen LogP contribution in [0.4, 0.5) is 11.5 Å². The number of hydrogen-bond acceptors (Lipinski definition) is 4. The highest BCUT2D eigenvalue weighted by atomic mass is 16.5. The molecule has 0 bridgehead atoms. The van der Waals surface area contributed by atoms with Crippen LogP contribution in [0.5, 0.6) is 5.75 Å². The van der Waals surface area contributed by atoms with Crippen LogP contribution in [0.2, 0.25) is 0 Å². The molecule has 0 spiro atoms. The van der Waals surface area contributed by atoms with Crippen LogP contribution in [-0.4, -0.2) is 17.0 Å². The second kappa shape index (κ2) is 9.04. The minimum Gasteiger partial charge on any atom is -0.491 e. The molecule has 2 aromatic carbocycles. The summed E-state index contributed by atoms with van der Waals surface area (Å²) >= 11 is 0. The zero-order valence-electron chi connectivity index (χ0n) is 16.4. The van der Waals surface area contributed by atoms with E-state index in [0.29, 0.717) is 23.6 Å². The smallest absolute Gasteiger partial charge is 0.255 e. The standard InChI is InChI=1S/C23H25N3O2/c1-16(2)28-21-9-7-20(8-10-21)26-23(27)19-11-12-24-22(14-19)25-15-18-6-4-5-17(3)13-18/h4-14,16H,15H2,1-3H3,(H,24,25)(H,26,27). The van der Waals surface area contributed by atoms with E-state index >= 15 is 0 Å². The Morgan fingerprint density at radius 2 is 1.86 bits per heavy atom. The maximum atomic E-state index is 12.5. The van der Waals surface area contributed by atoms with Crippen LogP contribution in [0.15, 0.2) is 66.9 Å². The van der Waals surface area contributed by atoms with Crippen LogP contribution in [0.3, 0.4) is 0 Å². The molecule has 3 rings (SSSR count). The molecule has 1 aromatic heterocycles. The Hall–Kier alpha value is -3.34. The molecular weight excluding hydrogens is 350 g/mol. The third-order valence-electron chi connectivity index (χ3n) is 4.06. The first-order valence-corrected chi connectivity index (χ1v) is 9.33. The lowest BCUT2D eigenvalue weighted by Crippen LogP contribution is -2.13. The summed E-state index contributed by atoms with van der Waals surface area (Å²) in [4.78, 5) is 16.8. The molecule has 1 heterocycles. The fourth-order valence-electron chi connectivity index (χ4n) is 2.78. The van der Waals surface area contributed by atoms with Crippen LogP contribution >= 0.6 is 0 Å². The zero-order valence-corrected chi connectivity index (χ0v) is 16.4. The van der Waals surface area contributed by atoms with Crippen molar-refractivity contribution in [1.29, 1.82) is 0 Å². The Bertz CT molecular complexity index is 937. The molecule has 1 amide bonds. The number of anilines is 2. The summed E-state index contributed by atoms with van der Waals surface area (Å²) < 4.78 is 5.62. The Morgan fingerprint density at radius 3 is 2.57 bits per heavy atom. The number of carbonyl (C=O) groups is 1. The van der Waals surface area contributed by atoms with Gasteiger partial charge in [0.2, 0.25) is 0 Å². The third kappa shape index (κ3) is 5.58. The van der Waals surface area contributed by atoms with Crippen molar-refractivity contribution in [2.75, 3.05) is 10.6 Å². The average molecular weight is 375 g/mol. The summed E-state index contributed by atoms with van der Waals surface area (Å²) in [6.07, 6.45) is 1.75. The zero-order chi connectivity index (χ0) is 19.9. The number of nitrogens with zero attached hydrogens (tertiary/aromatic N) is 1. The number of aryl methyl sites for hydroxylation is 1. The minimum absolute atomic E-state index is 0.114. The number of nitrogens with one attached hydrogen (secondary N) is 2. The van der Waals surface area contributed by atoms with Crippen molar-refractivity contribution in [3.05, 3.63) is 83.6 Å². The molecule has 0 atom stereocenters. The average Bonchev–Trinajstić information content (AvgIpc) is 2.68. The first-order valence-electron chi connectivity index (χ1n) is 9.33. The fraction of sp³-hybridized carbons (Fsp3) is 0.217. The van der Waals surface area contributed by atoms with Gasteiger partial charge in [0.1, 0.15) is 11.6 Å². The van der Waals surface area contributed by atoms with E-state index in [1.807, 2.05) is 44.2 Å². The number of carbonyl (C=O) groups excluding carboxylic acids is 1. The lowest BCUT2D eigenvalue weighted by atomic mass is 10.1. The quantitative estimate of drug-likeness (QED) is 0.607. The van der Waals surface area contributed by atoms with E-state index in [0.717, 1.165) is 5.75 Å². The van der Waals surface area contributed by atoms with Gasteiger partial charge >= 0.3 is 0 Å². The van der Waals surface area contributed by atoms with Crippen molar-refractivity contribution >= 4 is 17.4 Å². The van der Waals surface area contributed by atoms with Crippen molar-refractivity contribution in [1.82, 2.24) is 4.98 Å². The first-order chi connectivity index (χ1) is 13.5. The Labute approximate surface area is 165 Å². The highest BCUT2D eigenvalue weighted by Gasteiger charge is 2.08. The SMILES string of the molecule is Cc1cccc(CNc2cc(C(=O)Nc3ccc(OC(C)C)cc3)ccn2)c1. The molecule has 0 fully saturated rings. The summed E-state index contributed by atoms with van der Waals surface area (Å²) in [5.41, 5.74) is 3.64. The lowest BCUT2D eigenvalue weighted by molar-refractivity contribution is 0.102. The van der Waals surface area contributed by atoms with E-state index in [2.05, 4.69) is 40.7 Å². The number of aromatic nitrogens is 1. The van der Waals surface area contributed by atoms with Gasteiger partial charge in [-0.2, -0.15) is 0 Å². The summed E-state index contributed by atoms with van der Waals surface area (Å²) in [5.74, 6) is 1.26. The molecule has 28 heavy (non-hydrogen) atoms. The van der Waals surface area contributed by atoms with Crippen molar-refractivity contribution < 1.29 is 9.53 Å². The van der Waals surface area contributed by atoms with Crippen LogP contribution in [0.1, 0.15) is 35.3 Å². The monoisotopic (exact) mass is 375 g/mol. The Balaban J connectivity index is 1.61. The van der Waals surface area contributed by atoms with Crippen molar-refractivity contribution in [2.24, 2.45) is 0 Å². The van der Waals surface area contributed by atoms with Gasteiger partial charge in [-0.05, 0) is 62.7 Å². The molecule has 5 nitrogen and oxygen atoms in total. The molecule has 3 aromatic rings. The van der Waals surface area contributed by atoms with Gasteiger partial charge in [0.15, 0.2) is 0 Å². The van der Waals surface area contributed by atoms with Crippen LogP contribution in [0.25, 0.3) is 0 Å². The van der Waals surface area contributed by atoms with Gasteiger partial charge in [-0.1, -0.05) is 29.8 Å². The van der Waals surface area contributed by atoms with Crippen molar-refractivity contribution in [3.8, 4) is 5.75 Å². The van der Waals surface area contributed by atoms with E-state index in [1.165, 1.54) is 11.1 Å². The van der Waals surface area contributed by atoms with Gasteiger partial charge in [0.25, 0.3) is 5.91 Å². The van der Waals surface area contributed by atoms with E-state index < -0.39 is 0 Å².